The lowest BCUT2D eigenvalue weighted by Gasteiger charge is -2.18. The Morgan fingerprint density at radius 2 is 2.04 bits per heavy atom. The number of amides is 2. The molecule has 0 spiro atoms. The molecule has 0 saturated carbocycles. The van der Waals surface area contributed by atoms with Gasteiger partial charge >= 0.3 is 6.03 Å². The summed E-state index contributed by atoms with van der Waals surface area (Å²) in [6.07, 6.45) is 2.02. The Labute approximate surface area is 145 Å². The molecular formula is C16H14BrF2N3O2. The summed E-state index contributed by atoms with van der Waals surface area (Å²) >= 11 is 3.29. The van der Waals surface area contributed by atoms with Crippen LogP contribution in [0, 0.1) is 11.6 Å². The lowest BCUT2D eigenvalue weighted by molar-refractivity contribution is 0.190. The van der Waals surface area contributed by atoms with E-state index in [-0.39, 0.29) is 6.10 Å². The monoisotopic (exact) mass is 397 g/mol. The number of urea groups is 1. The summed E-state index contributed by atoms with van der Waals surface area (Å²) in [5.74, 6) is -1.16. The normalized spacial score (nSPS) is 17.0. The van der Waals surface area contributed by atoms with Crippen LogP contribution in [-0.2, 0) is 0 Å². The Kier molecular flexibility index (Phi) is 4.94. The molecule has 2 heterocycles. The minimum absolute atomic E-state index is 0.213. The number of nitrogens with zero attached hydrogens (tertiary/aromatic N) is 2. The fourth-order valence-corrected chi connectivity index (χ4v) is 2.65. The minimum Gasteiger partial charge on any atom is -0.472 e. The number of hydrogen-bond acceptors (Lipinski definition) is 3. The Bertz CT molecular complexity index is 722. The lowest BCUT2D eigenvalue weighted by atomic mass is 10.3. The van der Waals surface area contributed by atoms with Gasteiger partial charge in [-0.2, -0.15) is 0 Å². The number of aromatic nitrogens is 1. The molecule has 1 saturated heterocycles. The molecule has 0 unspecified atom stereocenters. The Hall–Kier alpha value is -2.22. The molecule has 8 heteroatoms. The number of halogens is 3. The predicted octanol–water partition coefficient (Wildman–Crippen LogP) is 3.81. The molecule has 1 fully saturated rings. The highest BCUT2D eigenvalue weighted by atomic mass is 79.9. The Morgan fingerprint density at radius 1 is 1.29 bits per heavy atom. The first-order chi connectivity index (χ1) is 11.5. The molecule has 126 valence electrons. The summed E-state index contributed by atoms with van der Waals surface area (Å²) < 4.78 is 33.7. The highest BCUT2D eigenvalue weighted by Crippen LogP contribution is 2.21. The zero-order chi connectivity index (χ0) is 17.1. The number of benzene rings is 1. The second-order valence-corrected chi connectivity index (χ2v) is 6.23. The number of nitrogens with one attached hydrogen (secondary N) is 1. The van der Waals surface area contributed by atoms with Crippen LogP contribution in [-0.4, -0.2) is 35.1 Å². The average Bonchev–Trinajstić information content (AvgIpc) is 3.02. The largest absolute Gasteiger partial charge is 0.472 e. The molecule has 1 aromatic carbocycles. The zero-order valence-corrected chi connectivity index (χ0v) is 14.1. The highest BCUT2D eigenvalue weighted by Gasteiger charge is 2.28. The van der Waals surface area contributed by atoms with Crippen LogP contribution in [0.2, 0.25) is 0 Å². The molecule has 0 bridgehead atoms. The molecule has 1 atom stereocenters. The van der Waals surface area contributed by atoms with Gasteiger partial charge in [0.05, 0.1) is 6.54 Å². The van der Waals surface area contributed by atoms with Crippen molar-refractivity contribution in [2.45, 2.75) is 12.5 Å². The van der Waals surface area contributed by atoms with Crippen LogP contribution in [0.4, 0.5) is 19.3 Å². The molecule has 3 rings (SSSR count). The van der Waals surface area contributed by atoms with Gasteiger partial charge < -0.3 is 15.0 Å². The third kappa shape index (κ3) is 3.81. The van der Waals surface area contributed by atoms with E-state index in [1.165, 1.54) is 11.0 Å². The number of likely N-dealkylation sites (tertiary alicyclic amines) is 1. The Balaban J connectivity index is 1.59. The third-order valence-electron chi connectivity index (χ3n) is 3.61. The van der Waals surface area contributed by atoms with Crippen molar-refractivity contribution in [3.8, 4) is 5.88 Å². The van der Waals surface area contributed by atoms with E-state index in [9.17, 15) is 13.6 Å². The molecule has 2 aromatic rings. The maximum Gasteiger partial charge on any atom is 0.322 e. The Morgan fingerprint density at radius 3 is 2.71 bits per heavy atom. The van der Waals surface area contributed by atoms with Crippen molar-refractivity contribution in [1.29, 1.82) is 0 Å². The van der Waals surface area contributed by atoms with Crippen molar-refractivity contribution in [2.24, 2.45) is 0 Å². The van der Waals surface area contributed by atoms with E-state index in [0.717, 1.165) is 16.6 Å². The lowest BCUT2D eigenvalue weighted by Crippen LogP contribution is -2.35. The standard InChI is InChI=1S/C16H14BrF2N3O2/c17-10-4-5-14(20-8-10)24-11-6-7-22(9-11)16(23)21-15-12(18)2-1-3-13(15)19/h1-5,8,11H,6-7,9H2,(H,21,23)/t11-/m1/s1. The molecule has 1 aliphatic heterocycles. The molecule has 0 radical (unpaired) electrons. The van der Waals surface area contributed by atoms with Gasteiger partial charge in [-0.1, -0.05) is 6.07 Å². The number of pyridine rings is 1. The third-order valence-corrected chi connectivity index (χ3v) is 4.08. The first-order valence-electron chi connectivity index (χ1n) is 7.31. The summed E-state index contributed by atoms with van der Waals surface area (Å²) in [6, 6.07) is 6.39. The van der Waals surface area contributed by atoms with Gasteiger partial charge in [-0.15, -0.1) is 0 Å². The first kappa shape index (κ1) is 16.6. The molecule has 0 aliphatic carbocycles. The topological polar surface area (TPSA) is 54.5 Å². The fraction of sp³-hybridized carbons (Fsp3) is 0.250. The van der Waals surface area contributed by atoms with Gasteiger partial charge in [-0.3, -0.25) is 0 Å². The molecule has 24 heavy (non-hydrogen) atoms. The molecule has 5 nitrogen and oxygen atoms in total. The van der Waals surface area contributed by atoms with E-state index in [1.807, 2.05) is 6.07 Å². The quantitative estimate of drug-likeness (QED) is 0.856. The van der Waals surface area contributed by atoms with Crippen molar-refractivity contribution in [1.82, 2.24) is 9.88 Å². The van der Waals surface area contributed by atoms with Gasteiger partial charge in [0.25, 0.3) is 0 Å². The maximum absolute atomic E-state index is 13.6. The van der Waals surface area contributed by atoms with E-state index in [4.69, 9.17) is 4.74 Å². The predicted molar refractivity (Wildman–Crippen MR) is 87.9 cm³/mol. The van der Waals surface area contributed by atoms with E-state index in [0.29, 0.717) is 25.4 Å². The summed E-state index contributed by atoms with van der Waals surface area (Å²) in [5.41, 5.74) is -0.443. The molecule has 1 aliphatic rings. The molecular weight excluding hydrogens is 384 g/mol. The van der Waals surface area contributed by atoms with Crippen LogP contribution in [0.5, 0.6) is 5.88 Å². The van der Waals surface area contributed by atoms with Crippen molar-refractivity contribution in [2.75, 3.05) is 18.4 Å². The van der Waals surface area contributed by atoms with Crippen LogP contribution in [0.1, 0.15) is 6.42 Å². The average molecular weight is 398 g/mol. The van der Waals surface area contributed by atoms with Gasteiger partial charge in [-0.25, -0.2) is 18.6 Å². The smallest absolute Gasteiger partial charge is 0.322 e. The van der Waals surface area contributed by atoms with Gasteiger partial charge in [0.1, 0.15) is 23.4 Å². The van der Waals surface area contributed by atoms with Crippen LogP contribution in [0.3, 0.4) is 0 Å². The molecule has 1 aromatic heterocycles. The van der Waals surface area contributed by atoms with Crippen LogP contribution < -0.4 is 10.1 Å². The number of carbonyl (C=O) groups excluding carboxylic acids is 1. The minimum atomic E-state index is -0.811. The zero-order valence-electron chi connectivity index (χ0n) is 12.5. The summed E-state index contributed by atoms with van der Waals surface area (Å²) in [6.45, 7) is 0.753. The van der Waals surface area contributed by atoms with E-state index in [1.54, 1.807) is 12.3 Å². The number of anilines is 1. The highest BCUT2D eigenvalue weighted by molar-refractivity contribution is 9.10. The SMILES string of the molecule is O=C(Nc1c(F)cccc1F)N1CC[C@@H](Oc2ccc(Br)cn2)C1. The van der Waals surface area contributed by atoms with Crippen molar-refractivity contribution < 1.29 is 18.3 Å². The van der Waals surface area contributed by atoms with Crippen molar-refractivity contribution in [3.05, 3.63) is 52.6 Å². The number of carbonyl (C=O) groups is 1. The maximum atomic E-state index is 13.6. The number of rotatable bonds is 3. The van der Waals surface area contributed by atoms with Gasteiger partial charge in [-0.05, 0) is 34.1 Å². The fourth-order valence-electron chi connectivity index (χ4n) is 2.41. The van der Waals surface area contributed by atoms with Crippen LogP contribution >= 0.6 is 15.9 Å². The van der Waals surface area contributed by atoms with Gasteiger partial charge in [0.15, 0.2) is 0 Å². The molecule has 2 amide bonds. The summed E-state index contributed by atoms with van der Waals surface area (Å²) in [5, 5.41) is 2.27. The van der Waals surface area contributed by atoms with Gasteiger partial charge in [0.2, 0.25) is 5.88 Å². The second kappa shape index (κ2) is 7.12. The van der Waals surface area contributed by atoms with Gasteiger partial charge in [0, 0.05) is 29.7 Å². The first-order valence-corrected chi connectivity index (χ1v) is 8.10. The van der Waals surface area contributed by atoms with Crippen LogP contribution in [0.25, 0.3) is 0 Å². The second-order valence-electron chi connectivity index (χ2n) is 5.32. The van der Waals surface area contributed by atoms with E-state index < -0.39 is 23.4 Å². The summed E-state index contributed by atoms with van der Waals surface area (Å²) in [7, 11) is 0. The number of para-hydroxylation sites is 1. The van der Waals surface area contributed by atoms with Crippen molar-refractivity contribution >= 4 is 27.6 Å². The summed E-state index contributed by atoms with van der Waals surface area (Å²) in [4.78, 5) is 17.7. The van der Waals surface area contributed by atoms with E-state index in [2.05, 4.69) is 26.2 Å². The number of hydrogen-bond donors (Lipinski definition) is 1. The molecule has 1 N–H and O–H groups in total. The van der Waals surface area contributed by atoms with Crippen molar-refractivity contribution in [3.63, 3.8) is 0 Å². The van der Waals surface area contributed by atoms with E-state index >= 15 is 0 Å². The number of ether oxygens (including phenoxy) is 1. The van der Waals surface area contributed by atoms with Crippen LogP contribution in [0.15, 0.2) is 41.0 Å².